The fourth-order valence-electron chi connectivity index (χ4n) is 2.12. The first-order valence-corrected chi connectivity index (χ1v) is 6.49. The van der Waals surface area contributed by atoms with Crippen molar-refractivity contribution in [3.63, 3.8) is 0 Å². The highest BCUT2D eigenvalue weighted by Gasteiger charge is 2.36. The van der Waals surface area contributed by atoms with E-state index in [1.54, 1.807) is 0 Å². The molecule has 15 heavy (non-hydrogen) atoms. The Morgan fingerprint density at radius 2 is 1.67 bits per heavy atom. The molecule has 1 heterocycles. The lowest BCUT2D eigenvalue weighted by Crippen LogP contribution is -2.40. The van der Waals surface area contributed by atoms with E-state index in [0.717, 1.165) is 32.5 Å². The van der Waals surface area contributed by atoms with Gasteiger partial charge in [-0.25, -0.2) is 0 Å². The quantitative estimate of drug-likeness (QED) is 0.649. The molecule has 1 aliphatic heterocycles. The summed E-state index contributed by atoms with van der Waals surface area (Å²) in [5.74, 6) is 0.165. The van der Waals surface area contributed by atoms with Crippen LogP contribution < -0.4 is 0 Å². The fraction of sp³-hybridized carbons (Fsp3) is 1.00. The first kappa shape index (κ1) is 13.0. The molecule has 1 rings (SSSR count). The summed E-state index contributed by atoms with van der Waals surface area (Å²) in [6.07, 6.45) is 7.09. The Morgan fingerprint density at radius 1 is 1.07 bits per heavy atom. The molecule has 1 saturated heterocycles. The molecule has 1 aliphatic rings. The average molecular weight is 214 g/mol. The molecule has 0 aliphatic carbocycles. The van der Waals surface area contributed by atoms with Gasteiger partial charge >= 0.3 is 0 Å². The predicted molar refractivity (Wildman–Crippen MR) is 62.8 cm³/mol. The minimum Gasteiger partial charge on any atom is -0.350 e. The Balaban J connectivity index is 2.51. The van der Waals surface area contributed by atoms with Crippen molar-refractivity contribution in [1.29, 1.82) is 0 Å². The molecular formula is C13H26O2. The van der Waals surface area contributed by atoms with E-state index in [9.17, 15) is 0 Å². The zero-order valence-electron chi connectivity index (χ0n) is 10.6. The van der Waals surface area contributed by atoms with Crippen molar-refractivity contribution in [3.05, 3.63) is 0 Å². The first-order valence-electron chi connectivity index (χ1n) is 6.49. The molecule has 90 valence electrons. The van der Waals surface area contributed by atoms with E-state index >= 15 is 0 Å². The summed E-state index contributed by atoms with van der Waals surface area (Å²) in [7, 11) is 0. The molecular weight excluding hydrogens is 188 g/mol. The minimum atomic E-state index is -0.286. The maximum atomic E-state index is 5.98. The molecule has 0 aromatic heterocycles. The normalized spacial score (nSPS) is 21.6. The SMILES string of the molecule is CCCCCC1(C(C)C)OCCCCO1. The highest BCUT2D eigenvalue weighted by atomic mass is 16.7. The van der Waals surface area contributed by atoms with Crippen LogP contribution in [0, 0.1) is 5.92 Å². The molecule has 2 heteroatoms. The van der Waals surface area contributed by atoms with Crippen molar-refractivity contribution in [2.75, 3.05) is 13.2 Å². The first-order chi connectivity index (χ1) is 7.21. The van der Waals surface area contributed by atoms with Crippen LogP contribution in [-0.2, 0) is 9.47 Å². The lowest BCUT2D eigenvalue weighted by atomic mass is 9.96. The van der Waals surface area contributed by atoms with E-state index in [4.69, 9.17) is 9.47 Å². The maximum absolute atomic E-state index is 5.98. The summed E-state index contributed by atoms with van der Waals surface area (Å²) in [5.41, 5.74) is 0. The van der Waals surface area contributed by atoms with Gasteiger partial charge in [-0.2, -0.15) is 0 Å². The third kappa shape index (κ3) is 3.76. The van der Waals surface area contributed by atoms with Gasteiger partial charge in [-0.15, -0.1) is 0 Å². The Kier molecular flexibility index (Phi) is 5.62. The fourth-order valence-corrected chi connectivity index (χ4v) is 2.12. The summed E-state index contributed by atoms with van der Waals surface area (Å²) in [4.78, 5) is 0. The van der Waals surface area contributed by atoms with Gasteiger partial charge in [0.15, 0.2) is 5.79 Å². The summed E-state index contributed by atoms with van der Waals surface area (Å²) in [6.45, 7) is 8.37. The molecule has 0 amide bonds. The monoisotopic (exact) mass is 214 g/mol. The van der Waals surface area contributed by atoms with Crippen molar-refractivity contribution in [2.45, 2.75) is 65.1 Å². The number of ether oxygens (including phenoxy) is 2. The van der Waals surface area contributed by atoms with Crippen molar-refractivity contribution in [3.8, 4) is 0 Å². The maximum Gasteiger partial charge on any atom is 0.170 e. The van der Waals surface area contributed by atoms with Crippen LogP contribution in [0.15, 0.2) is 0 Å². The van der Waals surface area contributed by atoms with Crippen molar-refractivity contribution < 1.29 is 9.47 Å². The standard InChI is InChI=1S/C13H26O2/c1-4-5-6-9-13(12(2)3)14-10-7-8-11-15-13/h12H,4-11H2,1-3H3. The summed E-state index contributed by atoms with van der Waals surface area (Å²) >= 11 is 0. The van der Waals surface area contributed by atoms with E-state index < -0.39 is 0 Å². The van der Waals surface area contributed by atoms with Crippen molar-refractivity contribution in [2.24, 2.45) is 5.92 Å². The van der Waals surface area contributed by atoms with E-state index in [2.05, 4.69) is 20.8 Å². The van der Waals surface area contributed by atoms with Gasteiger partial charge in [-0.3, -0.25) is 0 Å². The highest BCUT2D eigenvalue weighted by Crippen LogP contribution is 2.32. The van der Waals surface area contributed by atoms with Crippen molar-refractivity contribution in [1.82, 2.24) is 0 Å². The second kappa shape index (κ2) is 6.49. The van der Waals surface area contributed by atoms with Crippen LogP contribution >= 0.6 is 0 Å². The Bertz CT molecular complexity index is 158. The summed E-state index contributed by atoms with van der Waals surface area (Å²) in [5, 5.41) is 0. The third-order valence-corrected chi connectivity index (χ3v) is 3.24. The molecule has 2 nitrogen and oxygen atoms in total. The van der Waals surface area contributed by atoms with Crippen LogP contribution in [0.3, 0.4) is 0 Å². The van der Waals surface area contributed by atoms with E-state index in [1.165, 1.54) is 19.3 Å². The smallest absolute Gasteiger partial charge is 0.170 e. The predicted octanol–water partition coefficient (Wildman–Crippen LogP) is 3.75. The molecule has 1 fully saturated rings. The third-order valence-electron chi connectivity index (χ3n) is 3.24. The second-order valence-electron chi connectivity index (χ2n) is 4.83. The van der Waals surface area contributed by atoms with Gasteiger partial charge in [0.2, 0.25) is 0 Å². The van der Waals surface area contributed by atoms with Gasteiger partial charge in [-0.05, 0) is 19.3 Å². The summed E-state index contributed by atoms with van der Waals surface area (Å²) in [6, 6.07) is 0. The van der Waals surface area contributed by atoms with Crippen molar-refractivity contribution >= 4 is 0 Å². The minimum absolute atomic E-state index is 0.286. The van der Waals surface area contributed by atoms with Crippen LogP contribution in [0.2, 0.25) is 0 Å². The van der Waals surface area contributed by atoms with Gasteiger partial charge in [0.25, 0.3) is 0 Å². The Hall–Kier alpha value is -0.0800. The van der Waals surface area contributed by atoms with Gasteiger partial charge in [-0.1, -0.05) is 33.6 Å². The topological polar surface area (TPSA) is 18.5 Å². The number of rotatable bonds is 5. The molecule has 0 aromatic carbocycles. The number of unbranched alkanes of at least 4 members (excludes halogenated alkanes) is 2. The molecule has 0 saturated carbocycles. The lowest BCUT2D eigenvalue weighted by molar-refractivity contribution is -0.255. The van der Waals surface area contributed by atoms with Crippen LogP contribution in [0.4, 0.5) is 0 Å². The van der Waals surface area contributed by atoms with Crippen LogP contribution in [-0.4, -0.2) is 19.0 Å². The highest BCUT2D eigenvalue weighted by molar-refractivity contribution is 4.76. The van der Waals surface area contributed by atoms with Crippen LogP contribution in [0.5, 0.6) is 0 Å². The zero-order chi connectivity index (χ0) is 11.1. The van der Waals surface area contributed by atoms with E-state index in [-0.39, 0.29) is 5.79 Å². The van der Waals surface area contributed by atoms with Gasteiger partial charge < -0.3 is 9.47 Å². The Morgan fingerprint density at radius 3 is 2.13 bits per heavy atom. The van der Waals surface area contributed by atoms with Gasteiger partial charge in [0, 0.05) is 12.3 Å². The average Bonchev–Trinajstić information content (AvgIpc) is 2.45. The molecule has 0 aromatic rings. The Labute approximate surface area is 94.3 Å². The number of hydrogen-bond acceptors (Lipinski definition) is 2. The van der Waals surface area contributed by atoms with Crippen LogP contribution in [0.1, 0.15) is 59.3 Å². The molecule has 0 unspecified atom stereocenters. The zero-order valence-corrected chi connectivity index (χ0v) is 10.6. The summed E-state index contributed by atoms with van der Waals surface area (Å²) < 4.78 is 12.0. The molecule has 0 bridgehead atoms. The lowest BCUT2D eigenvalue weighted by Gasteiger charge is -2.36. The molecule has 0 atom stereocenters. The van der Waals surface area contributed by atoms with E-state index in [1.807, 2.05) is 0 Å². The van der Waals surface area contributed by atoms with E-state index in [0.29, 0.717) is 5.92 Å². The molecule has 0 spiro atoms. The van der Waals surface area contributed by atoms with Gasteiger partial charge in [0.05, 0.1) is 13.2 Å². The number of hydrogen-bond donors (Lipinski definition) is 0. The molecule has 0 radical (unpaired) electrons. The largest absolute Gasteiger partial charge is 0.350 e. The van der Waals surface area contributed by atoms with Crippen LogP contribution in [0.25, 0.3) is 0 Å². The van der Waals surface area contributed by atoms with Gasteiger partial charge in [0.1, 0.15) is 0 Å². The second-order valence-corrected chi connectivity index (χ2v) is 4.83. The molecule has 0 N–H and O–H groups in total.